The summed E-state index contributed by atoms with van der Waals surface area (Å²) in [6, 6.07) is 0.631. The molecule has 0 aliphatic carbocycles. The molecule has 1 aromatic carbocycles. The molecule has 0 fully saturated rings. The van der Waals surface area contributed by atoms with Crippen molar-refractivity contribution in [2.45, 2.75) is 25.4 Å². The second-order valence-corrected chi connectivity index (χ2v) is 7.84. The summed E-state index contributed by atoms with van der Waals surface area (Å²) in [6.45, 7) is 0.794. The van der Waals surface area contributed by atoms with Crippen LogP contribution in [0.5, 0.6) is 0 Å². The largest absolute Gasteiger partial charge is 0.479 e. The third-order valence-corrected chi connectivity index (χ3v) is 6.22. The van der Waals surface area contributed by atoms with Gasteiger partial charge in [0.1, 0.15) is 5.52 Å². The van der Waals surface area contributed by atoms with Gasteiger partial charge in [-0.3, -0.25) is 4.68 Å². The first-order valence-corrected chi connectivity index (χ1v) is 9.41. The average molecular weight is 462 g/mol. The van der Waals surface area contributed by atoms with E-state index < -0.39 is 12.0 Å². The third kappa shape index (κ3) is 2.63. The van der Waals surface area contributed by atoms with E-state index in [0.29, 0.717) is 35.9 Å². The minimum atomic E-state index is -1.04. The fourth-order valence-electron chi connectivity index (χ4n) is 3.25. The van der Waals surface area contributed by atoms with Crippen molar-refractivity contribution < 1.29 is 9.90 Å². The summed E-state index contributed by atoms with van der Waals surface area (Å²) in [7, 11) is 0. The SMILES string of the molecule is O=C(O)C(c1[nH]c(=S)n2c1CCC2)n1cc2c(Cl)cc(Br)c(Cl)c2n1. The van der Waals surface area contributed by atoms with Crippen molar-refractivity contribution in [3.63, 3.8) is 0 Å². The van der Waals surface area contributed by atoms with Crippen LogP contribution in [0, 0.1) is 4.77 Å². The van der Waals surface area contributed by atoms with E-state index in [-0.39, 0.29) is 0 Å². The van der Waals surface area contributed by atoms with E-state index in [0.717, 1.165) is 25.1 Å². The van der Waals surface area contributed by atoms with E-state index in [1.54, 1.807) is 12.3 Å². The van der Waals surface area contributed by atoms with Crippen molar-refractivity contribution in [2.75, 3.05) is 0 Å². The van der Waals surface area contributed by atoms with Gasteiger partial charge in [-0.2, -0.15) is 5.10 Å². The van der Waals surface area contributed by atoms with Crippen molar-refractivity contribution in [1.29, 1.82) is 0 Å². The maximum Gasteiger partial charge on any atom is 0.334 e. The predicted molar refractivity (Wildman–Crippen MR) is 101 cm³/mol. The summed E-state index contributed by atoms with van der Waals surface area (Å²) in [5.74, 6) is -1.04. The first-order valence-electron chi connectivity index (χ1n) is 7.45. The molecule has 1 unspecified atom stereocenters. The van der Waals surface area contributed by atoms with E-state index >= 15 is 0 Å². The Bertz CT molecular complexity index is 1090. The molecule has 0 saturated heterocycles. The number of halogens is 3. The standard InChI is InChI=1S/C15H11BrCl2N4O2S/c16-7-4-8(17)6-5-22(20-11(6)10(7)18)13(14(23)24)12-9-2-1-3-21(9)15(25)19-12/h4-5,13H,1-3H2,(H,19,25)(H,23,24). The van der Waals surface area contributed by atoms with Crippen LogP contribution in [0.15, 0.2) is 16.7 Å². The van der Waals surface area contributed by atoms with Crippen LogP contribution in [0.4, 0.5) is 0 Å². The third-order valence-electron chi connectivity index (χ3n) is 4.35. The van der Waals surface area contributed by atoms with Crippen LogP contribution in [0.3, 0.4) is 0 Å². The summed E-state index contributed by atoms with van der Waals surface area (Å²) in [5.41, 5.74) is 1.91. The molecule has 4 rings (SSSR count). The van der Waals surface area contributed by atoms with Crippen molar-refractivity contribution in [1.82, 2.24) is 19.3 Å². The number of nitrogens with zero attached hydrogens (tertiary/aromatic N) is 3. The first kappa shape index (κ1) is 17.1. The van der Waals surface area contributed by atoms with Crippen LogP contribution in [-0.4, -0.2) is 30.4 Å². The molecular weight excluding hydrogens is 451 g/mol. The van der Waals surface area contributed by atoms with Gasteiger partial charge in [0, 0.05) is 28.3 Å². The van der Waals surface area contributed by atoms with Crippen LogP contribution in [0.25, 0.3) is 10.9 Å². The number of aromatic amines is 1. The number of benzene rings is 1. The lowest BCUT2D eigenvalue weighted by Crippen LogP contribution is -2.22. The maximum absolute atomic E-state index is 12.0. The molecule has 0 radical (unpaired) electrons. The smallest absolute Gasteiger partial charge is 0.334 e. The van der Waals surface area contributed by atoms with Gasteiger partial charge in [0.2, 0.25) is 0 Å². The molecule has 25 heavy (non-hydrogen) atoms. The monoisotopic (exact) mass is 460 g/mol. The normalized spacial score (nSPS) is 14.8. The fraction of sp³-hybridized carbons (Fsp3) is 0.267. The molecule has 10 heteroatoms. The highest BCUT2D eigenvalue weighted by molar-refractivity contribution is 9.10. The quantitative estimate of drug-likeness (QED) is 0.442. The van der Waals surface area contributed by atoms with Gasteiger partial charge in [-0.1, -0.05) is 23.2 Å². The van der Waals surface area contributed by atoms with Crippen LogP contribution in [0.1, 0.15) is 23.9 Å². The highest BCUT2D eigenvalue weighted by atomic mass is 79.9. The number of rotatable bonds is 3. The Hall–Kier alpha value is -1.35. The van der Waals surface area contributed by atoms with E-state index in [2.05, 4.69) is 26.0 Å². The number of hydrogen-bond acceptors (Lipinski definition) is 3. The minimum absolute atomic E-state index is 0.386. The average Bonchev–Trinajstić information content (AvgIpc) is 3.23. The second kappa shape index (κ2) is 6.12. The van der Waals surface area contributed by atoms with Crippen LogP contribution in [0.2, 0.25) is 10.0 Å². The van der Waals surface area contributed by atoms with Gasteiger partial charge in [0.25, 0.3) is 0 Å². The van der Waals surface area contributed by atoms with E-state index in [9.17, 15) is 9.90 Å². The highest BCUT2D eigenvalue weighted by Crippen LogP contribution is 2.37. The lowest BCUT2D eigenvalue weighted by atomic mass is 10.1. The van der Waals surface area contributed by atoms with Crippen molar-refractivity contribution in [2.24, 2.45) is 0 Å². The number of H-pyrrole nitrogens is 1. The van der Waals surface area contributed by atoms with Crippen molar-refractivity contribution in [3.05, 3.63) is 42.9 Å². The Morgan fingerprint density at radius 1 is 1.48 bits per heavy atom. The van der Waals surface area contributed by atoms with Crippen molar-refractivity contribution >= 4 is 68.2 Å². The Kier molecular flexibility index (Phi) is 4.18. The molecule has 2 N–H and O–H groups in total. The van der Waals surface area contributed by atoms with Crippen molar-refractivity contribution in [3.8, 4) is 0 Å². The number of carbonyl (C=O) groups is 1. The van der Waals surface area contributed by atoms with Crippen LogP contribution in [-0.2, 0) is 17.8 Å². The van der Waals surface area contributed by atoms with Gasteiger partial charge < -0.3 is 14.7 Å². The highest BCUT2D eigenvalue weighted by Gasteiger charge is 2.31. The zero-order valence-corrected chi connectivity index (χ0v) is 16.5. The van der Waals surface area contributed by atoms with Gasteiger partial charge in [0.05, 0.1) is 15.7 Å². The van der Waals surface area contributed by atoms with Gasteiger partial charge >= 0.3 is 5.97 Å². The number of fused-ring (bicyclic) bond motifs is 2. The molecule has 3 aromatic rings. The van der Waals surface area contributed by atoms with Crippen LogP contribution >= 0.6 is 51.3 Å². The fourth-order valence-corrected chi connectivity index (χ4v) is 4.56. The number of aliphatic carboxylic acids is 1. The molecule has 0 bridgehead atoms. The molecule has 6 nitrogen and oxygen atoms in total. The Balaban J connectivity index is 1.94. The second-order valence-electron chi connectivity index (χ2n) is 5.81. The molecule has 1 aliphatic heterocycles. The lowest BCUT2D eigenvalue weighted by Gasteiger charge is -2.12. The molecule has 2 aromatic heterocycles. The maximum atomic E-state index is 12.0. The topological polar surface area (TPSA) is 75.8 Å². The van der Waals surface area contributed by atoms with Gasteiger partial charge in [-0.05, 0) is 47.1 Å². The zero-order valence-electron chi connectivity index (χ0n) is 12.6. The molecule has 130 valence electrons. The number of carboxylic acids is 1. The molecule has 0 saturated carbocycles. The molecule has 0 spiro atoms. The Labute approximate surface area is 165 Å². The first-order chi connectivity index (χ1) is 11.9. The van der Waals surface area contributed by atoms with E-state index in [4.69, 9.17) is 35.4 Å². The Morgan fingerprint density at radius 2 is 2.24 bits per heavy atom. The molecular formula is C15H11BrCl2N4O2S. The van der Waals surface area contributed by atoms with Crippen LogP contribution < -0.4 is 0 Å². The minimum Gasteiger partial charge on any atom is -0.479 e. The lowest BCUT2D eigenvalue weighted by molar-refractivity contribution is -0.139. The number of nitrogens with one attached hydrogen (secondary N) is 1. The van der Waals surface area contributed by atoms with Gasteiger partial charge in [0.15, 0.2) is 10.8 Å². The van der Waals surface area contributed by atoms with Gasteiger partial charge in [-0.25, -0.2) is 4.79 Å². The number of carboxylic acid groups (broad SMARTS) is 1. The predicted octanol–water partition coefficient (Wildman–Crippen LogP) is 4.58. The number of hydrogen-bond donors (Lipinski definition) is 2. The van der Waals surface area contributed by atoms with E-state index in [1.807, 2.05) is 4.57 Å². The Morgan fingerprint density at radius 3 is 2.96 bits per heavy atom. The number of imidazole rings is 1. The van der Waals surface area contributed by atoms with E-state index in [1.165, 1.54) is 4.68 Å². The summed E-state index contributed by atoms with van der Waals surface area (Å²) >= 11 is 21.2. The molecule has 1 aliphatic rings. The van der Waals surface area contributed by atoms with Gasteiger partial charge in [-0.15, -0.1) is 0 Å². The molecule has 3 heterocycles. The summed E-state index contributed by atoms with van der Waals surface area (Å²) in [4.78, 5) is 15.1. The molecule has 0 amide bonds. The summed E-state index contributed by atoms with van der Waals surface area (Å²) < 4.78 is 4.45. The molecule has 1 atom stereocenters. The number of aromatic nitrogens is 4. The summed E-state index contributed by atoms with van der Waals surface area (Å²) in [6.07, 6.45) is 3.32. The zero-order chi connectivity index (χ0) is 17.9. The summed E-state index contributed by atoms with van der Waals surface area (Å²) in [5, 5.41) is 15.7.